The lowest BCUT2D eigenvalue weighted by atomic mass is 10.1. The van der Waals surface area contributed by atoms with Gasteiger partial charge in [0.2, 0.25) is 0 Å². The Hall–Kier alpha value is -2.78. The van der Waals surface area contributed by atoms with Crippen LogP contribution in [0.5, 0.6) is 11.5 Å². The maximum atomic E-state index is 6.12. The molecule has 0 saturated heterocycles. The van der Waals surface area contributed by atoms with E-state index in [1.165, 1.54) is 5.56 Å². The minimum absolute atomic E-state index is 0.254. The predicted octanol–water partition coefficient (Wildman–Crippen LogP) is 5.13. The van der Waals surface area contributed by atoms with Gasteiger partial charge in [0, 0.05) is 18.2 Å². The maximum absolute atomic E-state index is 6.12. The Labute approximate surface area is 155 Å². The average molecular weight is 347 g/mol. The SMILES string of the molecule is COc1cccc(CNC(C)c2ccccc2)c1OCc1ccccc1. The molecule has 0 aliphatic carbocycles. The van der Waals surface area contributed by atoms with Gasteiger partial charge in [-0.3, -0.25) is 0 Å². The molecule has 1 unspecified atom stereocenters. The first-order valence-electron chi connectivity index (χ1n) is 8.89. The largest absolute Gasteiger partial charge is 0.493 e. The summed E-state index contributed by atoms with van der Waals surface area (Å²) in [6, 6.07) is 26.9. The van der Waals surface area contributed by atoms with Gasteiger partial charge in [-0.25, -0.2) is 0 Å². The third kappa shape index (κ3) is 4.64. The van der Waals surface area contributed by atoms with Crippen LogP contribution in [0.1, 0.15) is 29.7 Å². The van der Waals surface area contributed by atoms with Crippen LogP contribution in [0, 0.1) is 0 Å². The summed E-state index contributed by atoms with van der Waals surface area (Å²) in [6.45, 7) is 3.39. The van der Waals surface area contributed by atoms with Gasteiger partial charge >= 0.3 is 0 Å². The number of hydrogen-bond donors (Lipinski definition) is 1. The van der Waals surface area contributed by atoms with Crippen LogP contribution in [0.25, 0.3) is 0 Å². The molecular formula is C23H25NO2. The van der Waals surface area contributed by atoms with E-state index in [4.69, 9.17) is 9.47 Å². The van der Waals surface area contributed by atoms with Gasteiger partial charge in [-0.2, -0.15) is 0 Å². The van der Waals surface area contributed by atoms with Crippen molar-refractivity contribution in [2.24, 2.45) is 0 Å². The summed E-state index contributed by atoms with van der Waals surface area (Å²) in [6.07, 6.45) is 0. The van der Waals surface area contributed by atoms with Gasteiger partial charge in [0.25, 0.3) is 0 Å². The molecule has 3 heteroatoms. The van der Waals surface area contributed by atoms with Gasteiger partial charge in [0.05, 0.1) is 7.11 Å². The van der Waals surface area contributed by atoms with Crippen LogP contribution in [-0.2, 0) is 13.2 Å². The van der Waals surface area contributed by atoms with Gasteiger partial charge in [-0.1, -0.05) is 72.8 Å². The fraction of sp³-hybridized carbons (Fsp3) is 0.217. The third-order valence-electron chi connectivity index (χ3n) is 4.40. The first-order valence-corrected chi connectivity index (χ1v) is 8.89. The summed E-state index contributed by atoms with van der Waals surface area (Å²) in [5, 5.41) is 3.57. The van der Waals surface area contributed by atoms with Crippen molar-refractivity contribution >= 4 is 0 Å². The number of rotatable bonds is 8. The molecule has 3 rings (SSSR count). The lowest BCUT2D eigenvalue weighted by Crippen LogP contribution is -2.18. The number of benzene rings is 3. The Kier molecular flexibility index (Phi) is 6.29. The Morgan fingerprint density at radius 3 is 2.23 bits per heavy atom. The Balaban J connectivity index is 1.72. The van der Waals surface area contributed by atoms with Crippen LogP contribution in [-0.4, -0.2) is 7.11 Å². The number of hydrogen-bond acceptors (Lipinski definition) is 3. The first-order chi connectivity index (χ1) is 12.8. The van der Waals surface area contributed by atoms with Crippen molar-refractivity contribution in [3.05, 3.63) is 95.6 Å². The number of methoxy groups -OCH3 is 1. The summed E-state index contributed by atoms with van der Waals surface area (Å²) in [5.41, 5.74) is 3.49. The van der Waals surface area contributed by atoms with E-state index in [0.717, 1.165) is 22.6 Å². The molecule has 0 amide bonds. The molecule has 0 saturated carbocycles. The van der Waals surface area contributed by atoms with Gasteiger partial charge in [0.1, 0.15) is 6.61 Å². The molecule has 3 nitrogen and oxygen atoms in total. The van der Waals surface area contributed by atoms with Crippen molar-refractivity contribution in [1.82, 2.24) is 5.32 Å². The molecule has 0 heterocycles. The minimum Gasteiger partial charge on any atom is -0.493 e. The molecule has 0 radical (unpaired) electrons. The van der Waals surface area contributed by atoms with E-state index in [-0.39, 0.29) is 6.04 Å². The predicted molar refractivity (Wildman–Crippen MR) is 105 cm³/mol. The first kappa shape index (κ1) is 18.0. The molecule has 0 bridgehead atoms. The topological polar surface area (TPSA) is 30.5 Å². The monoisotopic (exact) mass is 347 g/mol. The van der Waals surface area contributed by atoms with E-state index >= 15 is 0 Å². The zero-order chi connectivity index (χ0) is 18.2. The van der Waals surface area contributed by atoms with Gasteiger partial charge in [0.15, 0.2) is 11.5 Å². The normalized spacial score (nSPS) is 11.8. The van der Waals surface area contributed by atoms with Crippen LogP contribution in [0.3, 0.4) is 0 Å². The Bertz CT molecular complexity index is 803. The fourth-order valence-electron chi connectivity index (χ4n) is 2.88. The smallest absolute Gasteiger partial charge is 0.166 e. The molecule has 0 spiro atoms. The van der Waals surface area contributed by atoms with E-state index in [9.17, 15) is 0 Å². The highest BCUT2D eigenvalue weighted by Crippen LogP contribution is 2.32. The zero-order valence-electron chi connectivity index (χ0n) is 15.3. The van der Waals surface area contributed by atoms with Crippen molar-refractivity contribution in [2.75, 3.05) is 7.11 Å². The fourth-order valence-corrected chi connectivity index (χ4v) is 2.88. The lowest BCUT2D eigenvalue weighted by Gasteiger charge is -2.18. The molecule has 0 aliphatic rings. The molecule has 0 fully saturated rings. The second kappa shape index (κ2) is 9.07. The van der Waals surface area contributed by atoms with Gasteiger partial charge in [-0.15, -0.1) is 0 Å². The molecule has 1 N–H and O–H groups in total. The van der Waals surface area contributed by atoms with Crippen LogP contribution < -0.4 is 14.8 Å². The second-order valence-electron chi connectivity index (χ2n) is 6.24. The molecule has 1 atom stereocenters. The van der Waals surface area contributed by atoms with Gasteiger partial charge in [-0.05, 0) is 24.1 Å². The maximum Gasteiger partial charge on any atom is 0.166 e. The lowest BCUT2D eigenvalue weighted by molar-refractivity contribution is 0.280. The van der Waals surface area contributed by atoms with Crippen molar-refractivity contribution in [2.45, 2.75) is 26.1 Å². The molecule has 0 aromatic heterocycles. The molecular weight excluding hydrogens is 322 g/mol. The molecule has 134 valence electrons. The standard InChI is InChI=1S/C23H25NO2/c1-18(20-12-7-4-8-13-20)24-16-21-14-9-15-22(25-2)23(21)26-17-19-10-5-3-6-11-19/h3-15,18,24H,16-17H2,1-2H3. The Morgan fingerprint density at radius 2 is 1.54 bits per heavy atom. The van der Waals surface area contributed by atoms with Crippen molar-refractivity contribution in [3.8, 4) is 11.5 Å². The molecule has 26 heavy (non-hydrogen) atoms. The molecule has 3 aromatic carbocycles. The minimum atomic E-state index is 0.254. The van der Waals surface area contributed by atoms with E-state index < -0.39 is 0 Å². The van der Waals surface area contributed by atoms with Crippen LogP contribution in [0.2, 0.25) is 0 Å². The average Bonchev–Trinajstić information content (AvgIpc) is 2.72. The van der Waals surface area contributed by atoms with Crippen LogP contribution in [0.15, 0.2) is 78.9 Å². The quantitative estimate of drug-likeness (QED) is 0.613. The van der Waals surface area contributed by atoms with Crippen LogP contribution >= 0.6 is 0 Å². The molecule has 3 aromatic rings. The van der Waals surface area contributed by atoms with Crippen molar-refractivity contribution in [3.63, 3.8) is 0 Å². The third-order valence-corrected chi connectivity index (χ3v) is 4.40. The van der Waals surface area contributed by atoms with Crippen molar-refractivity contribution in [1.29, 1.82) is 0 Å². The van der Waals surface area contributed by atoms with Crippen LogP contribution in [0.4, 0.5) is 0 Å². The van der Waals surface area contributed by atoms with E-state index in [1.807, 2.05) is 36.4 Å². The number of ether oxygens (including phenoxy) is 2. The highest BCUT2D eigenvalue weighted by molar-refractivity contribution is 5.46. The van der Waals surface area contributed by atoms with Gasteiger partial charge < -0.3 is 14.8 Å². The molecule has 0 aliphatic heterocycles. The summed E-state index contributed by atoms with van der Waals surface area (Å²) < 4.78 is 11.6. The van der Waals surface area contributed by atoms with Crippen molar-refractivity contribution < 1.29 is 9.47 Å². The second-order valence-corrected chi connectivity index (χ2v) is 6.24. The van der Waals surface area contributed by atoms with E-state index in [0.29, 0.717) is 13.2 Å². The highest BCUT2D eigenvalue weighted by Gasteiger charge is 2.12. The van der Waals surface area contributed by atoms with E-state index in [2.05, 4.69) is 54.7 Å². The van der Waals surface area contributed by atoms with E-state index in [1.54, 1.807) is 7.11 Å². The highest BCUT2D eigenvalue weighted by atomic mass is 16.5. The summed E-state index contributed by atoms with van der Waals surface area (Å²) in [7, 11) is 1.68. The number of para-hydroxylation sites is 1. The summed E-state index contributed by atoms with van der Waals surface area (Å²) in [5.74, 6) is 1.55. The zero-order valence-corrected chi connectivity index (χ0v) is 15.3. The Morgan fingerprint density at radius 1 is 0.846 bits per heavy atom. The summed E-state index contributed by atoms with van der Waals surface area (Å²) >= 11 is 0. The summed E-state index contributed by atoms with van der Waals surface area (Å²) in [4.78, 5) is 0. The number of nitrogens with one attached hydrogen (secondary N) is 1.